The molecule has 124 valence electrons. The number of carbonyl (C=O) groups is 1. The minimum atomic E-state index is -0.279. The lowest BCUT2D eigenvalue weighted by Crippen LogP contribution is -2.50. The molecule has 1 amide bonds. The lowest BCUT2D eigenvalue weighted by Gasteiger charge is -2.28. The fourth-order valence-electron chi connectivity index (χ4n) is 2.60. The lowest BCUT2D eigenvalue weighted by molar-refractivity contribution is -0.124. The van der Waals surface area contributed by atoms with Crippen LogP contribution in [-0.4, -0.2) is 39.4 Å². The summed E-state index contributed by atoms with van der Waals surface area (Å²) >= 11 is 0. The van der Waals surface area contributed by atoms with E-state index < -0.39 is 0 Å². The second-order valence-corrected chi connectivity index (χ2v) is 6.86. The summed E-state index contributed by atoms with van der Waals surface area (Å²) in [5.41, 5.74) is -0.231. The SMILES string of the molecule is COCc1nc2n(n1)CCC[C@H]2N[C@H](C)C(=O)NC(C)(C)C. The Morgan fingerprint density at radius 3 is 2.86 bits per heavy atom. The molecule has 7 nitrogen and oxygen atoms in total. The van der Waals surface area contributed by atoms with Crippen molar-refractivity contribution >= 4 is 5.91 Å². The van der Waals surface area contributed by atoms with E-state index in [0.29, 0.717) is 12.4 Å². The van der Waals surface area contributed by atoms with Gasteiger partial charge in [0.05, 0.1) is 12.1 Å². The van der Waals surface area contributed by atoms with Crippen LogP contribution in [0.2, 0.25) is 0 Å². The van der Waals surface area contributed by atoms with Crippen LogP contribution in [0.3, 0.4) is 0 Å². The van der Waals surface area contributed by atoms with Crippen LogP contribution in [0, 0.1) is 0 Å². The van der Waals surface area contributed by atoms with Gasteiger partial charge in [0.25, 0.3) is 0 Å². The largest absolute Gasteiger partial charge is 0.377 e. The highest BCUT2D eigenvalue weighted by molar-refractivity contribution is 5.81. The number of nitrogens with zero attached hydrogens (tertiary/aromatic N) is 3. The van der Waals surface area contributed by atoms with Crippen molar-refractivity contribution in [3.8, 4) is 0 Å². The topological polar surface area (TPSA) is 81.1 Å². The van der Waals surface area contributed by atoms with E-state index in [9.17, 15) is 4.79 Å². The third-order valence-electron chi connectivity index (χ3n) is 3.53. The summed E-state index contributed by atoms with van der Waals surface area (Å²) in [7, 11) is 1.63. The predicted molar refractivity (Wildman–Crippen MR) is 83.2 cm³/mol. The summed E-state index contributed by atoms with van der Waals surface area (Å²) in [6.07, 6.45) is 1.98. The molecular weight excluding hydrogens is 282 g/mol. The molecule has 1 aliphatic rings. The van der Waals surface area contributed by atoms with E-state index in [1.165, 1.54) is 0 Å². The van der Waals surface area contributed by atoms with Crippen LogP contribution in [0.1, 0.15) is 58.2 Å². The number of aryl methyl sites for hydroxylation is 1. The molecule has 0 fully saturated rings. The molecule has 2 rings (SSSR count). The maximum absolute atomic E-state index is 12.2. The highest BCUT2D eigenvalue weighted by atomic mass is 16.5. The van der Waals surface area contributed by atoms with Crippen LogP contribution >= 0.6 is 0 Å². The van der Waals surface area contributed by atoms with Gasteiger partial charge in [0.2, 0.25) is 5.91 Å². The average molecular weight is 309 g/mol. The summed E-state index contributed by atoms with van der Waals surface area (Å²) in [6, 6.07) is -0.231. The summed E-state index contributed by atoms with van der Waals surface area (Å²) in [5.74, 6) is 1.59. The van der Waals surface area contributed by atoms with Crippen LogP contribution < -0.4 is 10.6 Å². The smallest absolute Gasteiger partial charge is 0.237 e. The number of hydrogen-bond acceptors (Lipinski definition) is 5. The van der Waals surface area contributed by atoms with Crippen molar-refractivity contribution in [2.75, 3.05) is 7.11 Å². The number of hydrogen-bond donors (Lipinski definition) is 2. The highest BCUT2D eigenvalue weighted by Crippen LogP contribution is 2.23. The molecule has 0 aromatic carbocycles. The Hall–Kier alpha value is -1.47. The molecule has 2 heterocycles. The third kappa shape index (κ3) is 4.27. The van der Waals surface area contributed by atoms with Crippen molar-refractivity contribution < 1.29 is 9.53 Å². The maximum Gasteiger partial charge on any atom is 0.237 e. The molecule has 0 unspecified atom stereocenters. The summed E-state index contributed by atoms with van der Waals surface area (Å²) in [6.45, 7) is 9.09. The molecule has 0 bridgehead atoms. The Labute approximate surface area is 131 Å². The first-order valence-corrected chi connectivity index (χ1v) is 7.81. The van der Waals surface area contributed by atoms with Gasteiger partial charge in [-0.2, -0.15) is 5.10 Å². The number of methoxy groups -OCH3 is 1. The third-order valence-corrected chi connectivity index (χ3v) is 3.53. The zero-order chi connectivity index (χ0) is 16.3. The van der Waals surface area contributed by atoms with E-state index >= 15 is 0 Å². The van der Waals surface area contributed by atoms with E-state index in [1.807, 2.05) is 32.4 Å². The molecule has 2 atom stereocenters. The first-order valence-electron chi connectivity index (χ1n) is 7.81. The Morgan fingerprint density at radius 1 is 1.50 bits per heavy atom. The number of ether oxygens (including phenoxy) is 1. The lowest BCUT2D eigenvalue weighted by atomic mass is 10.1. The van der Waals surface area contributed by atoms with Gasteiger partial charge in [0, 0.05) is 19.2 Å². The molecule has 22 heavy (non-hydrogen) atoms. The summed E-state index contributed by atoms with van der Waals surface area (Å²) < 4.78 is 7.01. The Bertz CT molecular complexity index is 520. The van der Waals surface area contributed by atoms with Gasteiger partial charge in [-0.25, -0.2) is 9.67 Å². The molecular formula is C15H27N5O2. The normalized spacial score (nSPS) is 19.6. The monoisotopic (exact) mass is 309 g/mol. The van der Waals surface area contributed by atoms with Crippen molar-refractivity contribution in [3.63, 3.8) is 0 Å². The molecule has 7 heteroatoms. The van der Waals surface area contributed by atoms with E-state index in [2.05, 4.69) is 20.7 Å². The second-order valence-electron chi connectivity index (χ2n) is 6.86. The number of fused-ring (bicyclic) bond motifs is 1. The van der Waals surface area contributed by atoms with Crippen molar-refractivity contribution in [2.45, 2.75) is 71.3 Å². The Balaban J connectivity index is 2.04. The van der Waals surface area contributed by atoms with Crippen LogP contribution in [0.25, 0.3) is 0 Å². The molecule has 1 aromatic rings. The summed E-state index contributed by atoms with van der Waals surface area (Å²) in [5, 5.41) is 10.8. The molecule has 0 aliphatic carbocycles. The standard InChI is InChI=1S/C15H27N5O2/c1-10(14(21)18-15(2,3)4)16-11-7-6-8-20-13(11)17-12(19-20)9-22-5/h10-11,16H,6-9H2,1-5H3,(H,18,21)/t10-,11-/m1/s1. The number of aromatic nitrogens is 3. The highest BCUT2D eigenvalue weighted by Gasteiger charge is 2.28. The number of carbonyl (C=O) groups excluding carboxylic acids is 1. The van der Waals surface area contributed by atoms with Gasteiger partial charge >= 0.3 is 0 Å². The van der Waals surface area contributed by atoms with E-state index in [4.69, 9.17) is 4.74 Å². The molecule has 0 saturated heterocycles. The number of nitrogens with one attached hydrogen (secondary N) is 2. The van der Waals surface area contributed by atoms with Gasteiger partial charge in [-0.3, -0.25) is 10.1 Å². The average Bonchev–Trinajstić information content (AvgIpc) is 2.80. The zero-order valence-electron chi connectivity index (χ0n) is 14.1. The molecule has 0 saturated carbocycles. The van der Waals surface area contributed by atoms with Gasteiger partial charge in [0.15, 0.2) is 5.82 Å². The molecule has 1 aromatic heterocycles. The maximum atomic E-state index is 12.2. The molecule has 2 N–H and O–H groups in total. The van der Waals surface area contributed by atoms with E-state index in [1.54, 1.807) is 7.11 Å². The van der Waals surface area contributed by atoms with Crippen LogP contribution in [0.15, 0.2) is 0 Å². The van der Waals surface area contributed by atoms with Gasteiger partial charge in [-0.05, 0) is 40.5 Å². The fourth-order valence-corrected chi connectivity index (χ4v) is 2.60. The van der Waals surface area contributed by atoms with Crippen molar-refractivity contribution in [1.29, 1.82) is 0 Å². The Kier molecular flexibility index (Phi) is 5.18. The van der Waals surface area contributed by atoms with Crippen molar-refractivity contribution in [3.05, 3.63) is 11.6 Å². The van der Waals surface area contributed by atoms with Gasteiger partial charge in [-0.15, -0.1) is 0 Å². The van der Waals surface area contributed by atoms with Crippen LogP contribution in [0.5, 0.6) is 0 Å². The van der Waals surface area contributed by atoms with Gasteiger partial charge in [0.1, 0.15) is 12.4 Å². The fraction of sp³-hybridized carbons (Fsp3) is 0.800. The summed E-state index contributed by atoms with van der Waals surface area (Å²) in [4.78, 5) is 16.8. The zero-order valence-corrected chi connectivity index (χ0v) is 14.1. The first-order chi connectivity index (χ1) is 10.3. The van der Waals surface area contributed by atoms with E-state index in [0.717, 1.165) is 25.2 Å². The molecule has 0 radical (unpaired) electrons. The minimum absolute atomic E-state index is 0.00116. The van der Waals surface area contributed by atoms with E-state index in [-0.39, 0.29) is 23.5 Å². The minimum Gasteiger partial charge on any atom is -0.377 e. The predicted octanol–water partition coefficient (Wildman–Crippen LogP) is 1.15. The molecule has 1 aliphatic heterocycles. The quantitative estimate of drug-likeness (QED) is 0.853. The van der Waals surface area contributed by atoms with Gasteiger partial charge in [-0.1, -0.05) is 0 Å². The van der Waals surface area contributed by atoms with Crippen LogP contribution in [0.4, 0.5) is 0 Å². The number of amides is 1. The first kappa shape index (κ1) is 16.9. The number of rotatable bonds is 5. The second kappa shape index (κ2) is 6.75. The van der Waals surface area contributed by atoms with Gasteiger partial charge < -0.3 is 10.1 Å². The Morgan fingerprint density at radius 2 is 2.23 bits per heavy atom. The van der Waals surface area contributed by atoms with Crippen molar-refractivity contribution in [1.82, 2.24) is 25.4 Å². The van der Waals surface area contributed by atoms with Crippen LogP contribution in [-0.2, 0) is 22.7 Å². The molecule has 0 spiro atoms. The van der Waals surface area contributed by atoms with Crippen molar-refractivity contribution in [2.24, 2.45) is 0 Å².